The lowest BCUT2D eigenvalue weighted by Crippen LogP contribution is -1.93. The summed E-state index contributed by atoms with van der Waals surface area (Å²) in [7, 11) is 1.74. The quantitative estimate of drug-likeness (QED) is 0.647. The molecular weight excluding hydrogens is 162 g/mol. The molecule has 0 unspecified atom stereocenters. The van der Waals surface area contributed by atoms with Gasteiger partial charge in [0.25, 0.3) is 0 Å². The summed E-state index contributed by atoms with van der Waals surface area (Å²) < 4.78 is 4.98. The molecule has 0 aliphatic rings. The van der Waals surface area contributed by atoms with Crippen LogP contribution in [0.2, 0.25) is 0 Å². The molecule has 0 aliphatic carbocycles. The third-order valence-electron chi connectivity index (χ3n) is 2.00. The molecular formula is C11H17NO. The molecule has 0 aliphatic heterocycles. The first kappa shape index (κ1) is 10.2. The molecule has 0 spiro atoms. The topological polar surface area (TPSA) is 22.1 Å². The van der Waals surface area contributed by atoms with Crippen molar-refractivity contribution < 1.29 is 4.74 Å². The van der Waals surface area contributed by atoms with Crippen molar-refractivity contribution in [1.29, 1.82) is 0 Å². The maximum Gasteiger partial charge on any atom is 0.0462 e. The number of pyridine rings is 1. The average Bonchev–Trinajstić information content (AvgIpc) is 2.15. The zero-order valence-electron chi connectivity index (χ0n) is 8.42. The van der Waals surface area contributed by atoms with Crippen LogP contribution in [0, 0.1) is 6.92 Å². The lowest BCUT2D eigenvalue weighted by molar-refractivity contribution is 0.193. The first-order valence-corrected chi connectivity index (χ1v) is 4.73. The van der Waals surface area contributed by atoms with Crippen LogP contribution in [0.4, 0.5) is 0 Å². The highest BCUT2D eigenvalue weighted by atomic mass is 16.5. The molecule has 0 bridgehead atoms. The smallest absolute Gasteiger partial charge is 0.0462 e. The van der Waals surface area contributed by atoms with Crippen molar-refractivity contribution in [2.75, 3.05) is 13.7 Å². The number of ether oxygens (including phenoxy) is 1. The van der Waals surface area contributed by atoms with E-state index in [1.165, 1.54) is 11.3 Å². The van der Waals surface area contributed by atoms with E-state index in [9.17, 15) is 0 Å². The molecule has 1 aromatic rings. The standard InChI is InChI=1S/C11H17NO/c1-10-6-7-11(12-9-10)5-3-4-8-13-2/h6-7,9H,3-5,8H2,1-2H3. The Labute approximate surface area is 80.0 Å². The van der Waals surface area contributed by atoms with E-state index in [1.54, 1.807) is 7.11 Å². The van der Waals surface area contributed by atoms with Crippen molar-refractivity contribution in [2.45, 2.75) is 26.2 Å². The maximum absolute atomic E-state index is 4.98. The Balaban J connectivity index is 2.25. The van der Waals surface area contributed by atoms with E-state index in [2.05, 4.69) is 24.0 Å². The molecule has 0 atom stereocenters. The fourth-order valence-corrected chi connectivity index (χ4v) is 1.20. The van der Waals surface area contributed by atoms with Crippen LogP contribution in [0.3, 0.4) is 0 Å². The Morgan fingerprint density at radius 3 is 2.77 bits per heavy atom. The van der Waals surface area contributed by atoms with E-state index in [-0.39, 0.29) is 0 Å². The van der Waals surface area contributed by atoms with Gasteiger partial charge in [-0.15, -0.1) is 0 Å². The molecule has 0 radical (unpaired) electrons. The van der Waals surface area contributed by atoms with Gasteiger partial charge in [-0.25, -0.2) is 0 Å². The van der Waals surface area contributed by atoms with Crippen molar-refractivity contribution in [3.63, 3.8) is 0 Å². The second-order valence-corrected chi connectivity index (χ2v) is 3.28. The van der Waals surface area contributed by atoms with Crippen LogP contribution in [0.25, 0.3) is 0 Å². The van der Waals surface area contributed by atoms with Gasteiger partial charge in [-0.3, -0.25) is 4.98 Å². The number of nitrogens with zero attached hydrogens (tertiary/aromatic N) is 1. The van der Waals surface area contributed by atoms with E-state index >= 15 is 0 Å². The minimum Gasteiger partial charge on any atom is -0.385 e. The van der Waals surface area contributed by atoms with Crippen molar-refractivity contribution in [3.05, 3.63) is 29.6 Å². The number of aromatic nitrogens is 1. The second kappa shape index (κ2) is 5.70. The number of hydrogen-bond donors (Lipinski definition) is 0. The molecule has 1 aromatic heterocycles. The molecule has 2 heteroatoms. The summed E-state index contributed by atoms with van der Waals surface area (Å²) in [4.78, 5) is 4.34. The van der Waals surface area contributed by atoms with Crippen LogP contribution in [-0.2, 0) is 11.2 Å². The highest BCUT2D eigenvalue weighted by Crippen LogP contribution is 2.03. The first-order valence-electron chi connectivity index (χ1n) is 4.73. The Kier molecular flexibility index (Phi) is 4.47. The summed E-state index contributed by atoms with van der Waals surface area (Å²) in [6.07, 6.45) is 5.26. The number of unbranched alkanes of at least 4 members (excludes halogenated alkanes) is 1. The Hall–Kier alpha value is -0.890. The van der Waals surface area contributed by atoms with E-state index in [0.717, 1.165) is 25.9 Å². The largest absolute Gasteiger partial charge is 0.385 e. The number of rotatable bonds is 5. The van der Waals surface area contributed by atoms with E-state index < -0.39 is 0 Å². The third kappa shape index (κ3) is 4.04. The predicted octanol–water partition coefficient (Wildman–Crippen LogP) is 2.36. The summed E-state index contributed by atoms with van der Waals surface area (Å²) >= 11 is 0. The van der Waals surface area contributed by atoms with Gasteiger partial charge in [0.1, 0.15) is 0 Å². The zero-order valence-corrected chi connectivity index (χ0v) is 8.42. The zero-order chi connectivity index (χ0) is 9.52. The fraction of sp³-hybridized carbons (Fsp3) is 0.545. The van der Waals surface area contributed by atoms with Crippen LogP contribution < -0.4 is 0 Å². The second-order valence-electron chi connectivity index (χ2n) is 3.28. The van der Waals surface area contributed by atoms with Crippen molar-refractivity contribution in [2.24, 2.45) is 0 Å². The highest BCUT2D eigenvalue weighted by Gasteiger charge is 1.93. The van der Waals surface area contributed by atoms with Gasteiger partial charge >= 0.3 is 0 Å². The monoisotopic (exact) mass is 179 g/mol. The Bertz CT molecular complexity index is 230. The minimum atomic E-state index is 0.853. The molecule has 1 rings (SSSR count). The normalized spacial score (nSPS) is 10.3. The SMILES string of the molecule is COCCCCc1ccc(C)cn1. The van der Waals surface area contributed by atoms with Gasteiger partial charge < -0.3 is 4.74 Å². The van der Waals surface area contributed by atoms with Crippen LogP contribution in [0.1, 0.15) is 24.1 Å². The van der Waals surface area contributed by atoms with Gasteiger partial charge in [-0.05, 0) is 37.8 Å². The van der Waals surface area contributed by atoms with E-state index in [0.29, 0.717) is 0 Å². The molecule has 0 saturated heterocycles. The fourth-order valence-electron chi connectivity index (χ4n) is 1.20. The van der Waals surface area contributed by atoms with Crippen molar-refractivity contribution >= 4 is 0 Å². The van der Waals surface area contributed by atoms with Crippen molar-refractivity contribution in [1.82, 2.24) is 4.98 Å². The molecule has 13 heavy (non-hydrogen) atoms. The summed E-state index contributed by atoms with van der Waals surface area (Å²) in [5.41, 5.74) is 2.40. The Morgan fingerprint density at radius 2 is 2.15 bits per heavy atom. The number of methoxy groups -OCH3 is 1. The molecule has 72 valence electrons. The molecule has 0 amide bonds. The molecule has 2 nitrogen and oxygen atoms in total. The van der Waals surface area contributed by atoms with Crippen LogP contribution in [-0.4, -0.2) is 18.7 Å². The predicted molar refractivity (Wildman–Crippen MR) is 53.8 cm³/mol. The van der Waals surface area contributed by atoms with Crippen LogP contribution >= 0.6 is 0 Å². The Morgan fingerprint density at radius 1 is 1.31 bits per heavy atom. The van der Waals surface area contributed by atoms with Gasteiger partial charge in [0.05, 0.1) is 0 Å². The third-order valence-corrected chi connectivity index (χ3v) is 2.00. The maximum atomic E-state index is 4.98. The number of aryl methyl sites for hydroxylation is 2. The lowest BCUT2D eigenvalue weighted by Gasteiger charge is -2.00. The van der Waals surface area contributed by atoms with Gasteiger partial charge in [0.2, 0.25) is 0 Å². The van der Waals surface area contributed by atoms with Gasteiger partial charge in [-0.2, -0.15) is 0 Å². The summed E-state index contributed by atoms with van der Waals surface area (Å²) in [5.74, 6) is 0. The summed E-state index contributed by atoms with van der Waals surface area (Å²) in [6.45, 7) is 2.91. The molecule has 1 heterocycles. The summed E-state index contributed by atoms with van der Waals surface area (Å²) in [5, 5.41) is 0. The molecule has 0 aromatic carbocycles. The van der Waals surface area contributed by atoms with Crippen LogP contribution in [0.5, 0.6) is 0 Å². The van der Waals surface area contributed by atoms with E-state index in [4.69, 9.17) is 4.74 Å². The van der Waals surface area contributed by atoms with Crippen molar-refractivity contribution in [3.8, 4) is 0 Å². The van der Waals surface area contributed by atoms with Gasteiger partial charge in [0.15, 0.2) is 0 Å². The minimum absolute atomic E-state index is 0.853. The van der Waals surface area contributed by atoms with Gasteiger partial charge in [0, 0.05) is 25.6 Å². The first-order chi connectivity index (χ1) is 6.33. The van der Waals surface area contributed by atoms with Gasteiger partial charge in [-0.1, -0.05) is 6.07 Å². The number of hydrogen-bond acceptors (Lipinski definition) is 2. The summed E-state index contributed by atoms with van der Waals surface area (Å²) in [6, 6.07) is 4.21. The molecule has 0 saturated carbocycles. The molecule has 0 N–H and O–H groups in total. The lowest BCUT2D eigenvalue weighted by atomic mass is 10.1. The van der Waals surface area contributed by atoms with Crippen LogP contribution in [0.15, 0.2) is 18.3 Å². The van der Waals surface area contributed by atoms with E-state index in [1.807, 2.05) is 6.20 Å². The molecule has 0 fully saturated rings. The highest BCUT2D eigenvalue weighted by molar-refractivity contribution is 5.12. The average molecular weight is 179 g/mol.